The lowest BCUT2D eigenvalue weighted by molar-refractivity contribution is -0.142. The molecule has 5 rings (SSSR count). The van der Waals surface area contributed by atoms with Gasteiger partial charge in [-0.2, -0.15) is 0 Å². The van der Waals surface area contributed by atoms with Crippen LogP contribution in [0.1, 0.15) is 42.6 Å². The largest absolute Gasteiger partial charge is 0.485 e. The highest BCUT2D eigenvalue weighted by Gasteiger charge is 2.24. The summed E-state index contributed by atoms with van der Waals surface area (Å²) >= 11 is 0. The van der Waals surface area contributed by atoms with Gasteiger partial charge in [-0.05, 0) is 78.1 Å². The van der Waals surface area contributed by atoms with E-state index < -0.39 is 0 Å². The number of rotatable bonds is 6. The Hall–Kier alpha value is -3.86. The van der Waals surface area contributed by atoms with Crippen molar-refractivity contribution in [3.63, 3.8) is 0 Å². The summed E-state index contributed by atoms with van der Waals surface area (Å²) in [4.78, 5) is 16.3. The standard InChI is InChI=1S/C29H28N2O3/c1-2-33-28(32)18-23-6-3-4-8-26(23)34-27-9-5-7-19-10-12-21(16-24(19)27)22-13-11-20-14-15-31-29(30)25(20)17-22/h3-4,6,8,10-17,27H,2,5,7,9,18H2,1H3,(H2,30,31). The smallest absolute Gasteiger partial charge is 0.310 e. The molecule has 5 heteroatoms. The molecule has 0 saturated carbocycles. The van der Waals surface area contributed by atoms with E-state index in [1.165, 1.54) is 11.1 Å². The van der Waals surface area contributed by atoms with E-state index in [4.69, 9.17) is 15.2 Å². The average Bonchev–Trinajstić information content (AvgIpc) is 2.85. The maximum atomic E-state index is 12.1. The third kappa shape index (κ3) is 4.46. The van der Waals surface area contributed by atoms with Gasteiger partial charge in [-0.15, -0.1) is 0 Å². The van der Waals surface area contributed by atoms with Crippen LogP contribution < -0.4 is 10.5 Å². The van der Waals surface area contributed by atoms with E-state index in [0.717, 1.165) is 52.5 Å². The molecule has 5 nitrogen and oxygen atoms in total. The number of nitrogen functional groups attached to an aromatic ring is 1. The molecule has 4 aromatic rings. The van der Waals surface area contributed by atoms with Crippen LogP contribution in [0.4, 0.5) is 5.82 Å². The topological polar surface area (TPSA) is 74.4 Å². The first-order chi connectivity index (χ1) is 16.6. The fourth-order valence-corrected chi connectivity index (χ4v) is 4.71. The molecule has 1 aliphatic rings. The molecule has 2 N–H and O–H groups in total. The normalized spacial score (nSPS) is 15.0. The molecule has 0 fully saturated rings. The van der Waals surface area contributed by atoms with Crippen molar-refractivity contribution in [1.82, 2.24) is 4.98 Å². The molecule has 0 aliphatic heterocycles. The zero-order valence-corrected chi connectivity index (χ0v) is 19.3. The van der Waals surface area contributed by atoms with Gasteiger partial charge in [-0.1, -0.05) is 42.5 Å². The summed E-state index contributed by atoms with van der Waals surface area (Å²) in [5.41, 5.74) is 11.7. The number of nitrogens with two attached hydrogens (primary N) is 1. The van der Waals surface area contributed by atoms with Crippen LogP contribution in [0.5, 0.6) is 5.75 Å². The van der Waals surface area contributed by atoms with Crippen molar-refractivity contribution >= 4 is 22.6 Å². The Morgan fingerprint density at radius 2 is 1.88 bits per heavy atom. The summed E-state index contributed by atoms with van der Waals surface area (Å²) in [6.07, 6.45) is 4.90. The molecule has 1 atom stereocenters. The van der Waals surface area contributed by atoms with E-state index in [1.807, 2.05) is 37.3 Å². The monoisotopic (exact) mass is 452 g/mol. The zero-order valence-electron chi connectivity index (χ0n) is 19.3. The molecule has 0 bridgehead atoms. The first-order valence-corrected chi connectivity index (χ1v) is 11.8. The van der Waals surface area contributed by atoms with Gasteiger partial charge in [0.25, 0.3) is 0 Å². The molecule has 34 heavy (non-hydrogen) atoms. The summed E-state index contributed by atoms with van der Waals surface area (Å²) < 4.78 is 11.7. The number of carbonyl (C=O) groups excluding carboxylic acids is 1. The number of aromatic nitrogens is 1. The van der Waals surface area contributed by atoms with Gasteiger partial charge in [0.1, 0.15) is 17.7 Å². The van der Waals surface area contributed by atoms with E-state index in [-0.39, 0.29) is 18.5 Å². The fourth-order valence-electron chi connectivity index (χ4n) is 4.71. The van der Waals surface area contributed by atoms with Crippen molar-refractivity contribution < 1.29 is 14.3 Å². The van der Waals surface area contributed by atoms with E-state index >= 15 is 0 Å². The second-order valence-corrected chi connectivity index (χ2v) is 8.63. The fraction of sp³-hybridized carbons (Fsp3) is 0.241. The first-order valence-electron chi connectivity index (χ1n) is 11.8. The Balaban J connectivity index is 1.47. The van der Waals surface area contributed by atoms with Crippen molar-refractivity contribution in [2.75, 3.05) is 12.3 Å². The number of hydrogen-bond acceptors (Lipinski definition) is 5. The highest BCUT2D eigenvalue weighted by atomic mass is 16.5. The SMILES string of the molecule is CCOC(=O)Cc1ccccc1OC1CCCc2ccc(-c3ccc4ccnc(N)c4c3)cc21. The molecule has 1 aliphatic carbocycles. The van der Waals surface area contributed by atoms with Gasteiger partial charge in [0.2, 0.25) is 0 Å². The molecule has 0 amide bonds. The molecule has 1 aromatic heterocycles. The average molecular weight is 453 g/mol. The Bertz CT molecular complexity index is 1350. The molecule has 0 radical (unpaired) electrons. The predicted octanol–water partition coefficient (Wildman–Crippen LogP) is 6.05. The number of hydrogen-bond donors (Lipinski definition) is 1. The zero-order chi connectivity index (χ0) is 23.5. The van der Waals surface area contributed by atoms with Crippen molar-refractivity contribution in [3.8, 4) is 16.9 Å². The van der Waals surface area contributed by atoms with Crippen molar-refractivity contribution in [1.29, 1.82) is 0 Å². The highest BCUT2D eigenvalue weighted by Crippen LogP contribution is 2.38. The second-order valence-electron chi connectivity index (χ2n) is 8.63. The number of benzene rings is 3. The number of nitrogens with zero attached hydrogens (tertiary/aromatic N) is 1. The minimum atomic E-state index is -0.241. The summed E-state index contributed by atoms with van der Waals surface area (Å²) in [6, 6.07) is 22.6. The van der Waals surface area contributed by atoms with Crippen LogP contribution in [-0.2, 0) is 22.4 Å². The third-order valence-electron chi connectivity index (χ3n) is 6.42. The lowest BCUT2D eigenvalue weighted by Gasteiger charge is -2.28. The number of para-hydroxylation sites is 1. The number of ether oxygens (including phenoxy) is 2. The molecule has 1 unspecified atom stereocenters. The third-order valence-corrected chi connectivity index (χ3v) is 6.42. The van der Waals surface area contributed by atoms with Gasteiger partial charge in [0, 0.05) is 17.1 Å². The molecule has 1 heterocycles. The summed E-state index contributed by atoms with van der Waals surface area (Å²) in [6.45, 7) is 2.19. The maximum absolute atomic E-state index is 12.1. The maximum Gasteiger partial charge on any atom is 0.310 e. The van der Waals surface area contributed by atoms with Gasteiger partial charge in [-0.3, -0.25) is 4.79 Å². The van der Waals surface area contributed by atoms with Crippen LogP contribution in [0.3, 0.4) is 0 Å². The number of aryl methyl sites for hydroxylation is 1. The second kappa shape index (κ2) is 9.56. The van der Waals surface area contributed by atoms with Crippen LogP contribution in [0.2, 0.25) is 0 Å². The predicted molar refractivity (Wildman–Crippen MR) is 135 cm³/mol. The van der Waals surface area contributed by atoms with E-state index in [9.17, 15) is 4.79 Å². The lowest BCUT2D eigenvalue weighted by Crippen LogP contribution is -2.17. The Morgan fingerprint density at radius 1 is 1.06 bits per heavy atom. The Labute approximate surface area is 199 Å². The molecular formula is C29H28N2O3. The first kappa shape index (κ1) is 22.0. The van der Waals surface area contributed by atoms with E-state index in [1.54, 1.807) is 6.20 Å². The van der Waals surface area contributed by atoms with Gasteiger partial charge >= 0.3 is 5.97 Å². The number of anilines is 1. The summed E-state index contributed by atoms with van der Waals surface area (Å²) in [5, 5.41) is 2.03. The number of esters is 1. The molecular weight excluding hydrogens is 424 g/mol. The van der Waals surface area contributed by atoms with E-state index in [2.05, 4.69) is 41.4 Å². The van der Waals surface area contributed by atoms with Crippen LogP contribution in [0.25, 0.3) is 21.9 Å². The minimum Gasteiger partial charge on any atom is -0.485 e. The molecule has 3 aromatic carbocycles. The van der Waals surface area contributed by atoms with Crippen molar-refractivity contribution in [2.45, 2.75) is 38.7 Å². The van der Waals surface area contributed by atoms with Gasteiger partial charge in [-0.25, -0.2) is 4.98 Å². The number of carbonyl (C=O) groups is 1. The van der Waals surface area contributed by atoms with E-state index in [0.29, 0.717) is 12.4 Å². The molecule has 172 valence electrons. The Kier molecular flexibility index (Phi) is 6.17. The van der Waals surface area contributed by atoms with Crippen LogP contribution in [0.15, 0.2) is 72.9 Å². The molecule has 0 saturated heterocycles. The quantitative estimate of drug-likeness (QED) is 0.361. The number of fused-ring (bicyclic) bond motifs is 2. The summed E-state index contributed by atoms with van der Waals surface area (Å²) in [5.74, 6) is 1.04. The van der Waals surface area contributed by atoms with Crippen molar-refractivity contribution in [3.05, 3.63) is 89.6 Å². The van der Waals surface area contributed by atoms with Crippen molar-refractivity contribution in [2.24, 2.45) is 0 Å². The van der Waals surface area contributed by atoms with Crippen LogP contribution in [-0.4, -0.2) is 17.6 Å². The van der Waals surface area contributed by atoms with Gasteiger partial charge in [0.15, 0.2) is 0 Å². The Morgan fingerprint density at radius 3 is 2.76 bits per heavy atom. The number of pyridine rings is 1. The summed E-state index contributed by atoms with van der Waals surface area (Å²) in [7, 11) is 0. The van der Waals surface area contributed by atoms with Gasteiger partial charge < -0.3 is 15.2 Å². The highest BCUT2D eigenvalue weighted by molar-refractivity contribution is 5.94. The minimum absolute atomic E-state index is 0.0701. The lowest BCUT2D eigenvalue weighted by atomic mass is 9.86. The van der Waals surface area contributed by atoms with Crippen LogP contribution in [0, 0.1) is 0 Å². The van der Waals surface area contributed by atoms with Crippen LogP contribution >= 0.6 is 0 Å². The molecule has 0 spiro atoms. The van der Waals surface area contributed by atoms with Gasteiger partial charge in [0.05, 0.1) is 13.0 Å².